The van der Waals surface area contributed by atoms with E-state index in [1.54, 1.807) is 24.3 Å². The summed E-state index contributed by atoms with van der Waals surface area (Å²) in [5.74, 6) is -1.16. The van der Waals surface area contributed by atoms with Gasteiger partial charge in [0.25, 0.3) is 5.91 Å². The van der Waals surface area contributed by atoms with Crippen LogP contribution < -0.4 is 20.3 Å². The quantitative estimate of drug-likeness (QED) is 0.626. The van der Waals surface area contributed by atoms with Crippen LogP contribution in [0.15, 0.2) is 48.5 Å². The molecule has 1 aliphatic heterocycles. The van der Waals surface area contributed by atoms with Gasteiger partial charge in [0, 0.05) is 25.2 Å². The van der Waals surface area contributed by atoms with E-state index in [0.717, 1.165) is 12.5 Å². The minimum absolute atomic E-state index is 0.132. The number of benzene rings is 2. The van der Waals surface area contributed by atoms with Gasteiger partial charge in [-0.1, -0.05) is 19.1 Å². The van der Waals surface area contributed by atoms with Gasteiger partial charge in [0.15, 0.2) is 6.61 Å². The summed E-state index contributed by atoms with van der Waals surface area (Å²) in [6, 6.07) is 11.0. The van der Waals surface area contributed by atoms with Crippen molar-refractivity contribution >= 4 is 29.1 Å². The maximum Gasteiger partial charge on any atom is 0.418 e. The lowest BCUT2D eigenvalue weighted by molar-refractivity contribution is -0.137. The van der Waals surface area contributed by atoms with Gasteiger partial charge in [0.2, 0.25) is 11.8 Å². The second kappa shape index (κ2) is 10.4. The first kappa shape index (κ1) is 24.1. The first-order valence-electron chi connectivity index (χ1n) is 10.5. The molecule has 0 bridgehead atoms. The fourth-order valence-electron chi connectivity index (χ4n) is 3.42. The number of rotatable bonds is 8. The van der Waals surface area contributed by atoms with E-state index < -0.39 is 30.2 Å². The number of alkyl halides is 3. The van der Waals surface area contributed by atoms with E-state index in [9.17, 15) is 27.6 Å². The molecule has 1 atom stereocenters. The van der Waals surface area contributed by atoms with E-state index in [1.165, 1.54) is 23.1 Å². The number of hydrogen-bond donors (Lipinski definition) is 2. The fraction of sp³-hybridized carbons (Fsp3) is 0.348. The summed E-state index contributed by atoms with van der Waals surface area (Å²) in [6.07, 6.45) is -3.65. The van der Waals surface area contributed by atoms with E-state index in [4.69, 9.17) is 4.74 Å². The lowest BCUT2D eigenvalue weighted by atomic mass is 10.1. The summed E-state index contributed by atoms with van der Waals surface area (Å²) < 4.78 is 44.5. The van der Waals surface area contributed by atoms with Crippen LogP contribution in [0.2, 0.25) is 0 Å². The van der Waals surface area contributed by atoms with Crippen molar-refractivity contribution in [2.75, 3.05) is 29.9 Å². The number of nitrogens with zero attached hydrogens (tertiary/aromatic N) is 1. The number of nitrogens with one attached hydrogen (secondary N) is 2. The van der Waals surface area contributed by atoms with Gasteiger partial charge in [-0.3, -0.25) is 14.4 Å². The van der Waals surface area contributed by atoms with E-state index in [2.05, 4.69) is 10.6 Å². The molecule has 176 valence electrons. The molecular formula is C23H24F3N3O4. The van der Waals surface area contributed by atoms with Crippen LogP contribution in [0.5, 0.6) is 5.75 Å². The van der Waals surface area contributed by atoms with Crippen LogP contribution in [0.1, 0.15) is 25.3 Å². The molecule has 0 aromatic heterocycles. The minimum atomic E-state index is -4.59. The second-order valence-corrected chi connectivity index (χ2v) is 7.57. The number of anilines is 2. The molecule has 2 aromatic carbocycles. The zero-order chi connectivity index (χ0) is 24.0. The van der Waals surface area contributed by atoms with Gasteiger partial charge in [-0.05, 0) is 42.8 Å². The smallest absolute Gasteiger partial charge is 0.418 e. The van der Waals surface area contributed by atoms with Gasteiger partial charge < -0.3 is 20.3 Å². The average Bonchev–Trinajstić information content (AvgIpc) is 3.17. The molecule has 3 rings (SSSR count). The third-order valence-electron chi connectivity index (χ3n) is 5.07. The summed E-state index contributed by atoms with van der Waals surface area (Å²) in [7, 11) is 0. The lowest BCUT2D eigenvalue weighted by Crippen LogP contribution is -2.33. The van der Waals surface area contributed by atoms with Crippen LogP contribution in [0.25, 0.3) is 0 Å². The monoisotopic (exact) mass is 463 g/mol. The Bertz CT molecular complexity index is 1010. The normalized spacial score (nSPS) is 15.9. The minimum Gasteiger partial charge on any atom is -0.484 e. The topological polar surface area (TPSA) is 87.7 Å². The van der Waals surface area contributed by atoms with Crippen LogP contribution in [0.4, 0.5) is 24.5 Å². The average molecular weight is 463 g/mol. The molecule has 3 amide bonds. The van der Waals surface area contributed by atoms with Crippen molar-refractivity contribution < 1.29 is 32.3 Å². The first-order chi connectivity index (χ1) is 15.7. The fourth-order valence-corrected chi connectivity index (χ4v) is 3.42. The molecule has 2 N–H and O–H groups in total. The highest BCUT2D eigenvalue weighted by molar-refractivity contribution is 6.00. The molecule has 1 fully saturated rings. The largest absolute Gasteiger partial charge is 0.484 e. The summed E-state index contributed by atoms with van der Waals surface area (Å²) in [6.45, 7) is 2.29. The molecule has 0 radical (unpaired) electrons. The van der Waals surface area contributed by atoms with Gasteiger partial charge >= 0.3 is 6.18 Å². The highest BCUT2D eigenvalue weighted by atomic mass is 19.4. The van der Waals surface area contributed by atoms with Crippen LogP contribution >= 0.6 is 0 Å². The van der Waals surface area contributed by atoms with Crippen molar-refractivity contribution in [1.29, 1.82) is 0 Å². The molecule has 33 heavy (non-hydrogen) atoms. The number of carbonyl (C=O) groups is 3. The Hall–Kier alpha value is -3.56. The summed E-state index contributed by atoms with van der Waals surface area (Å²) in [5, 5.41) is 5.00. The molecule has 0 saturated carbocycles. The molecule has 1 heterocycles. The standard InChI is InChI=1S/C23H24F3N3O4/c1-2-11-27-22(32)15-12-21(31)29(13-15)16-7-9-17(10-8-16)33-14-20(30)28-19-6-4-3-5-18(19)23(24,25)26/h3-10,15H,2,11-14H2,1H3,(H,27,32)(H,28,30)/t15-/m0/s1. The van der Waals surface area contributed by atoms with Crippen molar-refractivity contribution in [1.82, 2.24) is 5.32 Å². The second-order valence-electron chi connectivity index (χ2n) is 7.57. The molecule has 0 unspecified atom stereocenters. The predicted molar refractivity (Wildman–Crippen MR) is 116 cm³/mol. The van der Waals surface area contributed by atoms with E-state index in [0.29, 0.717) is 18.0 Å². The van der Waals surface area contributed by atoms with Crippen LogP contribution in [0, 0.1) is 5.92 Å². The Kier molecular flexibility index (Phi) is 7.57. The zero-order valence-electron chi connectivity index (χ0n) is 17.9. The molecular weight excluding hydrogens is 439 g/mol. The van der Waals surface area contributed by atoms with Gasteiger partial charge in [-0.2, -0.15) is 13.2 Å². The van der Waals surface area contributed by atoms with Gasteiger partial charge in [0.1, 0.15) is 5.75 Å². The Morgan fingerprint density at radius 3 is 2.48 bits per heavy atom. The lowest BCUT2D eigenvalue weighted by Gasteiger charge is -2.17. The van der Waals surface area contributed by atoms with Crippen LogP contribution in [-0.2, 0) is 20.6 Å². The number of para-hydroxylation sites is 1. The number of ether oxygens (including phenoxy) is 1. The third kappa shape index (κ3) is 6.24. The highest BCUT2D eigenvalue weighted by Crippen LogP contribution is 2.34. The molecule has 0 aliphatic carbocycles. The number of hydrogen-bond acceptors (Lipinski definition) is 4. The summed E-state index contributed by atoms with van der Waals surface area (Å²) >= 11 is 0. The Balaban J connectivity index is 1.55. The Labute approximate surface area is 188 Å². The van der Waals surface area contributed by atoms with E-state index in [1.807, 2.05) is 6.92 Å². The molecule has 0 spiro atoms. The highest BCUT2D eigenvalue weighted by Gasteiger charge is 2.35. The number of amides is 3. The molecule has 2 aromatic rings. The van der Waals surface area contributed by atoms with Crippen molar-refractivity contribution in [2.24, 2.45) is 5.92 Å². The Morgan fingerprint density at radius 2 is 1.82 bits per heavy atom. The van der Waals surface area contributed by atoms with Crippen LogP contribution in [-0.4, -0.2) is 37.4 Å². The van der Waals surface area contributed by atoms with Gasteiger partial charge in [-0.25, -0.2) is 0 Å². The van der Waals surface area contributed by atoms with Crippen molar-refractivity contribution in [3.63, 3.8) is 0 Å². The number of halogens is 3. The van der Waals surface area contributed by atoms with Gasteiger partial charge in [0.05, 0.1) is 17.2 Å². The Morgan fingerprint density at radius 1 is 1.12 bits per heavy atom. The van der Waals surface area contributed by atoms with E-state index in [-0.39, 0.29) is 30.5 Å². The van der Waals surface area contributed by atoms with Crippen molar-refractivity contribution in [3.8, 4) is 5.75 Å². The molecule has 7 nitrogen and oxygen atoms in total. The van der Waals surface area contributed by atoms with Crippen molar-refractivity contribution in [3.05, 3.63) is 54.1 Å². The number of carbonyl (C=O) groups excluding carboxylic acids is 3. The predicted octanol–water partition coefficient (Wildman–Crippen LogP) is 3.60. The third-order valence-corrected chi connectivity index (χ3v) is 5.07. The van der Waals surface area contributed by atoms with E-state index >= 15 is 0 Å². The first-order valence-corrected chi connectivity index (χ1v) is 10.5. The summed E-state index contributed by atoms with van der Waals surface area (Å²) in [5.41, 5.74) is -0.708. The van der Waals surface area contributed by atoms with Crippen LogP contribution in [0.3, 0.4) is 0 Å². The van der Waals surface area contributed by atoms with Gasteiger partial charge in [-0.15, -0.1) is 0 Å². The maximum atomic E-state index is 13.0. The molecule has 1 saturated heterocycles. The summed E-state index contributed by atoms with van der Waals surface area (Å²) in [4.78, 5) is 38.0. The molecule has 1 aliphatic rings. The zero-order valence-corrected chi connectivity index (χ0v) is 17.9. The molecule has 10 heteroatoms. The SMILES string of the molecule is CCCNC(=O)[C@H]1CC(=O)N(c2ccc(OCC(=O)Nc3ccccc3C(F)(F)F)cc2)C1. The maximum absolute atomic E-state index is 13.0. The van der Waals surface area contributed by atoms with Crippen molar-refractivity contribution in [2.45, 2.75) is 25.9 Å².